The molecule has 1 saturated heterocycles. The smallest absolute Gasteiger partial charge is 0.147 e. The Balaban J connectivity index is 1.66. The number of Topliss-reactive ketones (excluding diaryl/α,β-unsaturated/α-hetero) is 1. The van der Waals surface area contributed by atoms with Gasteiger partial charge in [0.2, 0.25) is 0 Å². The van der Waals surface area contributed by atoms with Crippen molar-refractivity contribution < 1.29 is 4.79 Å². The molecular weight excluding hydrogens is 164 g/mol. The number of carbonyl (C=O) groups excluding carboxylic acids is 1. The van der Waals surface area contributed by atoms with Gasteiger partial charge in [0.25, 0.3) is 0 Å². The number of piperazine rings is 1. The molecule has 1 aliphatic carbocycles. The summed E-state index contributed by atoms with van der Waals surface area (Å²) in [6.07, 6.45) is 3.41. The van der Waals surface area contributed by atoms with Crippen LogP contribution in [0, 0.1) is 5.92 Å². The number of carbonyl (C=O) groups is 1. The second kappa shape index (κ2) is 4.20. The number of hydrogen-bond donors (Lipinski definition) is 1. The maximum Gasteiger partial charge on any atom is 0.147 e. The molecule has 0 amide bonds. The van der Waals surface area contributed by atoms with Gasteiger partial charge in [-0.25, -0.2) is 0 Å². The van der Waals surface area contributed by atoms with E-state index in [9.17, 15) is 4.79 Å². The number of rotatable bonds is 4. The van der Waals surface area contributed by atoms with Gasteiger partial charge in [-0.2, -0.15) is 0 Å². The minimum atomic E-state index is 0.449. The standard InChI is InChI=1S/C10H18N2O/c13-10(7-9-1-2-9)8-12-5-3-11-4-6-12/h9,11H,1-8H2. The summed E-state index contributed by atoms with van der Waals surface area (Å²) in [5, 5.41) is 3.29. The molecule has 2 rings (SSSR count). The molecule has 0 bridgehead atoms. The Hall–Kier alpha value is -0.410. The fourth-order valence-electron chi connectivity index (χ4n) is 1.83. The minimum absolute atomic E-state index is 0.449. The van der Waals surface area contributed by atoms with Crippen molar-refractivity contribution in [2.45, 2.75) is 19.3 Å². The molecule has 0 aromatic rings. The third kappa shape index (κ3) is 3.08. The van der Waals surface area contributed by atoms with Gasteiger partial charge in [-0.05, 0) is 18.8 Å². The molecular formula is C10H18N2O. The van der Waals surface area contributed by atoms with Gasteiger partial charge in [-0.3, -0.25) is 9.69 Å². The quantitative estimate of drug-likeness (QED) is 0.677. The van der Waals surface area contributed by atoms with Crippen LogP contribution in [0.2, 0.25) is 0 Å². The molecule has 74 valence electrons. The van der Waals surface area contributed by atoms with Gasteiger partial charge < -0.3 is 5.32 Å². The van der Waals surface area contributed by atoms with E-state index in [4.69, 9.17) is 0 Å². The molecule has 0 aromatic carbocycles. The number of ketones is 1. The highest BCUT2D eigenvalue weighted by Crippen LogP contribution is 2.32. The Kier molecular flexibility index (Phi) is 2.96. The van der Waals surface area contributed by atoms with Gasteiger partial charge in [0.1, 0.15) is 5.78 Å². The van der Waals surface area contributed by atoms with E-state index in [1.807, 2.05) is 0 Å². The summed E-state index contributed by atoms with van der Waals surface area (Å²) >= 11 is 0. The molecule has 1 N–H and O–H groups in total. The first-order valence-corrected chi connectivity index (χ1v) is 5.29. The van der Waals surface area contributed by atoms with Crippen LogP contribution < -0.4 is 5.32 Å². The van der Waals surface area contributed by atoms with Crippen LogP contribution in [0.5, 0.6) is 0 Å². The largest absolute Gasteiger partial charge is 0.314 e. The van der Waals surface area contributed by atoms with E-state index in [0.29, 0.717) is 12.3 Å². The van der Waals surface area contributed by atoms with E-state index in [-0.39, 0.29) is 0 Å². The first-order chi connectivity index (χ1) is 6.34. The van der Waals surface area contributed by atoms with Crippen LogP contribution in [0.3, 0.4) is 0 Å². The SMILES string of the molecule is O=C(CC1CC1)CN1CCNCC1. The summed E-state index contributed by atoms with van der Waals surface area (Å²) < 4.78 is 0. The Morgan fingerprint density at radius 1 is 1.31 bits per heavy atom. The monoisotopic (exact) mass is 182 g/mol. The van der Waals surface area contributed by atoms with Crippen LogP contribution >= 0.6 is 0 Å². The normalized spacial score (nSPS) is 24.6. The molecule has 0 spiro atoms. The predicted octanol–water partition coefficient (Wildman–Crippen LogP) is 0.261. The van der Waals surface area contributed by atoms with E-state index < -0.39 is 0 Å². The highest BCUT2D eigenvalue weighted by Gasteiger charge is 2.25. The Labute approximate surface area is 79.5 Å². The Morgan fingerprint density at radius 2 is 2.00 bits per heavy atom. The third-order valence-corrected chi connectivity index (χ3v) is 2.82. The summed E-state index contributed by atoms with van der Waals surface area (Å²) in [6.45, 7) is 4.85. The van der Waals surface area contributed by atoms with Crippen LogP contribution in [-0.2, 0) is 4.79 Å². The predicted molar refractivity (Wildman–Crippen MR) is 51.7 cm³/mol. The summed E-state index contributed by atoms with van der Waals surface area (Å²) in [5.74, 6) is 1.19. The zero-order valence-corrected chi connectivity index (χ0v) is 8.09. The van der Waals surface area contributed by atoms with Gasteiger partial charge in [0.05, 0.1) is 6.54 Å². The zero-order chi connectivity index (χ0) is 9.10. The van der Waals surface area contributed by atoms with Crippen LogP contribution in [-0.4, -0.2) is 43.4 Å². The molecule has 2 aliphatic rings. The van der Waals surface area contributed by atoms with Crippen molar-refractivity contribution in [2.24, 2.45) is 5.92 Å². The third-order valence-electron chi connectivity index (χ3n) is 2.82. The first kappa shape index (κ1) is 9.16. The van der Waals surface area contributed by atoms with Crippen molar-refractivity contribution in [3.8, 4) is 0 Å². The van der Waals surface area contributed by atoms with Crippen LogP contribution in [0.4, 0.5) is 0 Å². The highest BCUT2D eigenvalue weighted by molar-refractivity contribution is 5.80. The Bertz CT molecular complexity index is 183. The molecule has 0 radical (unpaired) electrons. The van der Waals surface area contributed by atoms with Crippen molar-refractivity contribution in [1.82, 2.24) is 10.2 Å². The van der Waals surface area contributed by atoms with Crippen molar-refractivity contribution in [1.29, 1.82) is 0 Å². The fourth-order valence-corrected chi connectivity index (χ4v) is 1.83. The van der Waals surface area contributed by atoms with Gasteiger partial charge in [-0.15, -0.1) is 0 Å². The average molecular weight is 182 g/mol. The van der Waals surface area contributed by atoms with Crippen LogP contribution in [0.25, 0.3) is 0 Å². The van der Waals surface area contributed by atoms with Crippen molar-refractivity contribution >= 4 is 5.78 Å². The van der Waals surface area contributed by atoms with E-state index in [1.54, 1.807) is 0 Å². The number of hydrogen-bond acceptors (Lipinski definition) is 3. The van der Waals surface area contributed by atoms with E-state index in [1.165, 1.54) is 12.8 Å². The maximum absolute atomic E-state index is 11.5. The van der Waals surface area contributed by atoms with E-state index >= 15 is 0 Å². The lowest BCUT2D eigenvalue weighted by atomic mass is 10.2. The number of nitrogens with one attached hydrogen (secondary N) is 1. The lowest BCUT2D eigenvalue weighted by Crippen LogP contribution is -2.45. The maximum atomic E-state index is 11.5. The second-order valence-electron chi connectivity index (χ2n) is 4.21. The van der Waals surface area contributed by atoms with Gasteiger partial charge >= 0.3 is 0 Å². The average Bonchev–Trinajstić information content (AvgIpc) is 2.90. The molecule has 1 heterocycles. The zero-order valence-electron chi connectivity index (χ0n) is 8.09. The topological polar surface area (TPSA) is 32.3 Å². The van der Waals surface area contributed by atoms with Crippen molar-refractivity contribution in [3.63, 3.8) is 0 Å². The van der Waals surface area contributed by atoms with Crippen molar-refractivity contribution in [2.75, 3.05) is 32.7 Å². The molecule has 0 atom stereocenters. The molecule has 0 unspecified atom stereocenters. The molecule has 2 fully saturated rings. The molecule has 3 heteroatoms. The lowest BCUT2D eigenvalue weighted by molar-refractivity contribution is -0.120. The molecule has 13 heavy (non-hydrogen) atoms. The van der Waals surface area contributed by atoms with Gasteiger partial charge in [-0.1, -0.05) is 0 Å². The van der Waals surface area contributed by atoms with E-state index in [0.717, 1.165) is 38.5 Å². The molecule has 0 aromatic heterocycles. The van der Waals surface area contributed by atoms with Gasteiger partial charge in [0.15, 0.2) is 0 Å². The summed E-state index contributed by atoms with van der Waals surface area (Å²) in [5.41, 5.74) is 0. The minimum Gasteiger partial charge on any atom is -0.314 e. The molecule has 1 saturated carbocycles. The lowest BCUT2D eigenvalue weighted by Gasteiger charge is -2.26. The molecule has 3 nitrogen and oxygen atoms in total. The van der Waals surface area contributed by atoms with Crippen LogP contribution in [0.1, 0.15) is 19.3 Å². The molecule has 1 aliphatic heterocycles. The number of nitrogens with zero attached hydrogens (tertiary/aromatic N) is 1. The fraction of sp³-hybridized carbons (Fsp3) is 0.900. The first-order valence-electron chi connectivity index (χ1n) is 5.29. The van der Waals surface area contributed by atoms with E-state index in [2.05, 4.69) is 10.2 Å². The Morgan fingerprint density at radius 3 is 2.62 bits per heavy atom. The summed E-state index contributed by atoms with van der Waals surface area (Å²) in [6, 6.07) is 0. The van der Waals surface area contributed by atoms with Crippen LogP contribution in [0.15, 0.2) is 0 Å². The highest BCUT2D eigenvalue weighted by atomic mass is 16.1. The van der Waals surface area contributed by atoms with Gasteiger partial charge in [0, 0.05) is 32.6 Å². The summed E-state index contributed by atoms with van der Waals surface area (Å²) in [4.78, 5) is 13.8. The van der Waals surface area contributed by atoms with Crippen molar-refractivity contribution in [3.05, 3.63) is 0 Å². The summed E-state index contributed by atoms with van der Waals surface area (Å²) in [7, 11) is 0. The second-order valence-corrected chi connectivity index (χ2v) is 4.21.